The first-order valence-electron chi connectivity index (χ1n) is 10.5. The topological polar surface area (TPSA) is 75.3 Å². The van der Waals surface area contributed by atoms with E-state index in [1.165, 1.54) is 0 Å². The van der Waals surface area contributed by atoms with Gasteiger partial charge in [-0.25, -0.2) is 13.1 Å². The summed E-state index contributed by atoms with van der Waals surface area (Å²) in [6.45, 7) is 2.46. The number of hydrogen-bond donors (Lipinski definition) is 2. The number of unbranched alkanes of at least 4 members (excludes halogenated alkanes) is 1. The fraction of sp³-hybridized carbons (Fsp3) is 0.292. The predicted octanol–water partition coefficient (Wildman–Crippen LogP) is 5.37. The Hall–Kier alpha value is -2.00. The highest BCUT2D eigenvalue weighted by Crippen LogP contribution is 2.23. The average Bonchev–Trinajstić information content (AvgIpc) is 3.27. The summed E-state index contributed by atoms with van der Waals surface area (Å²) in [5.41, 5.74) is 1.99. The molecule has 0 spiro atoms. The van der Waals surface area contributed by atoms with Gasteiger partial charge in [-0.05, 0) is 66.6 Å². The largest absolute Gasteiger partial charge is 0.356 e. The van der Waals surface area contributed by atoms with Gasteiger partial charge in [-0.1, -0.05) is 52.7 Å². The van der Waals surface area contributed by atoms with E-state index in [1.54, 1.807) is 23.5 Å². The zero-order chi connectivity index (χ0) is 23.0. The fourth-order valence-corrected chi connectivity index (χ4v) is 5.54. The zero-order valence-electron chi connectivity index (χ0n) is 17.9. The normalized spacial score (nSPS) is 12.4. The minimum atomic E-state index is -3.58. The maximum atomic E-state index is 12.7. The second kappa shape index (κ2) is 11.7. The first-order chi connectivity index (χ1) is 15.3. The number of carbonyl (C=O) groups is 1. The minimum Gasteiger partial charge on any atom is -0.356 e. The molecule has 0 aliphatic heterocycles. The summed E-state index contributed by atoms with van der Waals surface area (Å²) in [5, 5.41) is 4.88. The summed E-state index contributed by atoms with van der Waals surface area (Å²) >= 11 is 4.99. The first-order valence-corrected chi connectivity index (χ1v) is 13.7. The van der Waals surface area contributed by atoms with E-state index in [4.69, 9.17) is 0 Å². The standard InChI is InChI=1S/C24H27BrN2O3S2/c1-18(5-2-3-15-26-24(28)17-22-6-4-16-31-22)27-32(29,30)23-13-9-20(10-14-23)19-7-11-21(25)12-8-19/h4,6-14,16,18,27H,2-3,5,15,17H2,1H3,(H,26,28). The van der Waals surface area contributed by atoms with Crippen LogP contribution in [0.15, 0.2) is 75.4 Å². The molecule has 8 heteroatoms. The van der Waals surface area contributed by atoms with E-state index in [-0.39, 0.29) is 16.8 Å². The molecule has 0 radical (unpaired) electrons. The molecule has 1 aromatic heterocycles. The van der Waals surface area contributed by atoms with Crippen LogP contribution in [0.25, 0.3) is 11.1 Å². The molecule has 0 aliphatic rings. The lowest BCUT2D eigenvalue weighted by molar-refractivity contribution is -0.120. The van der Waals surface area contributed by atoms with Crippen LogP contribution in [0.5, 0.6) is 0 Å². The Kier molecular flexibility index (Phi) is 9.04. The van der Waals surface area contributed by atoms with Gasteiger partial charge < -0.3 is 5.32 Å². The minimum absolute atomic E-state index is 0.0211. The molecule has 1 unspecified atom stereocenters. The van der Waals surface area contributed by atoms with Crippen molar-refractivity contribution >= 4 is 43.2 Å². The van der Waals surface area contributed by atoms with Crippen molar-refractivity contribution in [2.75, 3.05) is 6.54 Å². The quantitative estimate of drug-likeness (QED) is 0.324. The van der Waals surface area contributed by atoms with E-state index in [9.17, 15) is 13.2 Å². The van der Waals surface area contributed by atoms with Crippen LogP contribution in [-0.2, 0) is 21.2 Å². The highest BCUT2D eigenvalue weighted by molar-refractivity contribution is 9.10. The first kappa shape index (κ1) is 24.6. The Morgan fingerprint density at radius 3 is 2.28 bits per heavy atom. The number of rotatable bonds is 11. The lowest BCUT2D eigenvalue weighted by Gasteiger charge is -2.14. The second-order valence-electron chi connectivity index (χ2n) is 7.66. The lowest BCUT2D eigenvalue weighted by atomic mass is 10.1. The molecule has 1 amide bonds. The third-order valence-corrected chi connectivity index (χ3v) is 8.01. The van der Waals surface area contributed by atoms with Crippen LogP contribution in [0, 0.1) is 0 Å². The molecule has 0 aliphatic carbocycles. The Morgan fingerprint density at radius 1 is 1.00 bits per heavy atom. The highest BCUT2D eigenvalue weighted by atomic mass is 79.9. The molecule has 0 fully saturated rings. The van der Waals surface area contributed by atoms with Gasteiger partial charge in [0.25, 0.3) is 0 Å². The zero-order valence-corrected chi connectivity index (χ0v) is 21.1. The highest BCUT2D eigenvalue weighted by Gasteiger charge is 2.17. The molecule has 3 rings (SSSR count). The van der Waals surface area contributed by atoms with E-state index >= 15 is 0 Å². The number of thiophene rings is 1. The number of hydrogen-bond acceptors (Lipinski definition) is 4. The van der Waals surface area contributed by atoms with Crippen molar-refractivity contribution in [3.8, 4) is 11.1 Å². The Morgan fingerprint density at radius 2 is 1.66 bits per heavy atom. The van der Waals surface area contributed by atoms with Crippen LogP contribution >= 0.6 is 27.3 Å². The monoisotopic (exact) mass is 534 g/mol. The van der Waals surface area contributed by atoms with Gasteiger partial charge in [-0.15, -0.1) is 11.3 Å². The summed E-state index contributed by atoms with van der Waals surface area (Å²) < 4.78 is 29.1. The summed E-state index contributed by atoms with van der Waals surface area (Å²) in [4.78, 5) is 13.2. The molecule has 32 heavy (non-hydrogen) atoms. The number of benzene rings is 2. The Balaban J connectivity index is 1.41. The number of carbonyl (C=O) groups excluding carboxylic acids is 1. The van der Waals surface area contributed by atoms with Crippen LogP contribution in [-0.4, -0.2) is 26.9 Å². The van der Waals surface area contributed by atoms with Crippen molar-refractivity contribution < 1.29 is 13.2 Å². The van der Waals surface area contributed by atoms with Crippen LogP contribution in [0.2, 0.25) is 0 Å². The molecule has 2 aromatic carbocycles. The molecule has 3 aromatic rings. The molecule has 0 bridgehead atoms. The summed E-state index contributed by atoms with van der Waals surface area (Å²) in [5.74, 6) is 0.0211. The van der Waals surface area contributed by atoms with Gasteiger partial charge in [0.15, 0.2) is 0 Å². The maximum absolute atomic E-state index is 12.7. The van der Waals surface area contributed by atoms with Crippen molar-refractivity contribution in [2.45, 2.75) is 43.5 Å². The maximum Gasteiger partial charge on any atom is 0.240 e. The molecular weight excluding hydrogens is 508 g/mol. The Labute approximate surface area is 202 Å². The van der Waals surface area contributed by atoms with Crippen molar-refractivity contribution in [3.63, 3.8) is 0 Å². The number of halogens is 1. The number of sulfonamides is 1. The molecular formula is C24H27BrN2O3S2. The predicted molar refractivity (Wildman–Crippen MR) is 134 cm³/mol. The van der Waals surface area contributed by atoms with Crippen molar-refractivity contribution in [1.29, 1.82) is 0 Å². The van der Waals surface area contributed by atoms with E-state index in [0.29, 0.717) is 19.4 Å². The van der Waals surface area contributed by atoms with Gasteiger partial charge >= 0.3 is 0 Å². The average molecular weight is 536 g/mol. The number of nitrogens with one attached hydrogen (secondary N) is 2. The van der Waals surface area contributed by atoms with Crippen LogP contribution in [0.4, 0.5) is 0 Å². The fourth-order valence-electron chi connectivity index (χ4n) is 3.30. The van der Waals surface area contributed by atoms with Gasteiger partial charge in [-0.2, -0.15) is 0 Å². The molecule has 1 atom stereocenters. The van der Waals surface area contributed by atoms with Crippen LogP contribution in [0.3, 0.4) is 0 Å². The molecule has 0 saturated carbocycles. The van der Waals surface area contributed by atoms with Crippen molar-refractivity contribution in [2.24, 2.45) is 0 Å². The van der Waals surface area contributed by atoms with E-state index < -0.39 is 10.0 Å². The van der Waals surface area contributed by atoms with E-state index in [1.807, 2.05) is 60.8 Å². The molecule has 1 heterocycles. The second-order valence-corrected chi connectivity index (χ2v) is 11.3. The Bertz CT molecular complexity index is 1100. The van der Waals surface area contributed by atoms with Crippen molar-refractivity contribution in [1.82, 2.24) is 10.0 Å². The lowest BCUT2D eigenvalue weighted by Crippen LogP contribution is -2.32. The third kappa shape index (κ3) is 7.55. The summed E-state index contributed by atoms with van der Waals surface area (Å²) in [6.07, 6.45) is 2.75. The molecule has 2 N–H and O–H groups in total. The van der Waals surface area contributed by atoms with Gasteiger partial charge in [0.05, 0.1) is 11.3 Å². The molecule has 0 saturated heterocycles. The van der Waals surface area contributed by atoms with Gasteiger partial charge in [0.1, 0.15) is 0 Å². The summed E-state index contributed by atoms with van der Waals surface area (Å²) in [6, 6.07) is 18.5. The van der Waals surface area contributed by atoms with Gasteiger partial charge in [0.2, 0.25) is 15.9 Å². The van der Waals surface area contributed by atoms with Crippen LogP contribution in [0.1, 0.15) is 31.1 Å². The third-order valence-electron chi connectivity index (χ3n) is 5.00. The van der Waals surface area contributed by atoms with Gasteiger partial charge in [-0.3, -0.25) is 4.79 Å². The van der Waals surface area contributed by atoms with E-state index in [0.717, 1.165) is 33.3 Å². The molecule has 170 valence electrons. The summed E-state index contributed by atoms with van der Waals surface area (Å²) in [7, 11) is -3.58. The number of amides is 1. The smallest absolute Gasteiger partial charge is 0.240 e. The SMILES string of the molecule is CC(CCCCNC(=O)Cc1cccs1)NS(=O)(=O)c1ccc(-c2ccc(Br)cc2)cc1. The van der Waals surface area contributed by atoms with Crippen LogP contribution < -0.4 is 10.0 Å². The van der Waals surface area contributed by atoms with E-state index in [2.05, 4.69) is 26.0 Å². The van der Waals surface area contributed by atoms with Gasteiger partial charge in [0, 0.05) is 21.9 Å². The molecule has 5 nitrogen and oxygen atoms in total. The van der Waals surface area contributed by atoms with Crippen molar-refractivity contribution in [3.05, 3.63) is 75.4 Å².